The minimum absolute atomic E-state index is 0.259. The topological polar surface area (TPSA) is 32.3 Å². The number of nitrogens with zero attached hydrogens (tertiary/aromatic N) is 1. The number of carbonyl (C=O) groups is 1. The van der Waals surface area contributed by atoms with Gasteiger partial charge in [-0.25, -0.2) is 0 Å². The van der Waals surface area contributed by atoms with Gasteiger partial charge >= 0.3 is 0 Å². The van der Waals surface area contributed by atoms with E-state index in [0.29, 0.717) is 5.25 Å². The van der Waals surface area contributed by atoms with Crippen LogP contribution in [0.2, 0.25) is 0 Å². The van der Waals surface area contributed by atoms with Crippen LogP contribution in [0, 0.1) is 0 Å². The maximum Gasteiger partial charge on any atom is 0.249 e. The van der Waals surface area contributed by atoms with Crippen LogP contribution in [0.25, 0.3) is 0 Å². The first-order chi connectivity index (χ1) is 7.72. The molecule has 0 aromatic carbocycles. The average Bonchev–Trinajstić information content (AvgIpc) is 2.25. The van der Waals surface area contributed by atoms with Crippen molar-refractivity contribution in [3.63, 3.8) is 0 Å². The summed E-state index contributed by atoms with van der Waals surface area (Å²) in [5.74, 6) is 1.35. The van der Waals surface area contributed by atoms with Gasteiger partial charge in [-0.3, -0.25) is 4.79 Å². The molecule has 4 heteroatoms. The van der Waals surface area contributed by atoms with E-state index in [2.05, 4.69) is 12.2 Å². The maximum atomic E-state index is 12.2. The van der Waals surface area contributed by atoms with Crippen LogP contribution in [0.5, 0.6) is 0 Å². The first kappa shape index (κ1) is 12.0. The lowest BCUT2D eigenvalue weighted by Crippen LogP contribution is -2.44. The van der Waals surface area contributed by atoms with Crippen molar-refractivity contribution in [1.29, 1.82) is 0 Å². The van der Waals surface area contributed by atoms with Gasteiger partial charge in [0.1, 0.15) is 0 Å². The Morgan fingerprint density at radius 3 is 2.88 bits per heavy atom. The Hall–Kier alpha value is -0.480. The van der Waals surface area contributed by atoms with Gasteiger partial charge in [0.2, 0.25) is 5.91 Å². The van der Waals surface area contributed by atoms with Crippen molar-refractivity contribution in [3.8, 4) is 0 Å². The van der Waals surface area contributed by atoms with Crippen LogP contribution >= 0.6 is 11.8 Å². The van der Waals surface area contributed by atoms with Crippen LogP contribution < -0.4 is 5.32 Å². The van der Waals surface area contributed by atoms with E-state index in [0.717, 1.165) is 43.9 Å². The normalized spacial score (nSPS) is 25.2. The fourth-order valence-electron chi connectivity index (χ4n) is 2.05. The van der Waals surface area contributed by atoms with E-state index in [1.165, 1.54) is 5.57 Å². The average molecular weight is 240 g/mol. The molecule has 0 spiro atoms. The molecule has 0 aromatic heterocycles. The zero-order valence-corrected chi connectivity index (χ0v) is 10.9. The molecular weight excluding hydrogens is 220 g/mol. The molecule has 1 unspecified atom stereocenters. The Morgan fingerprint density at radius 1 is 1.56 bits per heavy atom. The highest BCUT2D eigenvalue weighted by Gasteiger charge is 2.25. The molecule has 0 aromatic rings. The monoisotopic (exact) mass is 240 g/mol. The fourth-order valence-corrected chi connectivity index (χ4v) is 3.23. The van der Waals surface area contributed by atoms with Crippen LogP contribution in [-0.2, 0) is 4.79 Å². The summed E-state index contributed by atoms with van der Waals surface area (Å²) in [6.07, 6.45) is 1.16. The van der Waals surface area contributed by atoms with Crippen LogP contribution in [0.3, 0.4) is 0 Å². The smallest absolute Gasteiger partial charge is 0.249 e. The summed E-state index contributed by atoms with van der Waals surface area (Å²) in [6.45, 7) is 7.82. The van der Waals surface area contributed by atoms with Crippen LogP contribution in [0.15, 0.2) is 11.1 Å². The fraction of sp³-hybridized carbons (Fsp3) is 0.750. The molecule has 0 radical (unpaired) electrons. The number of amides is 1. The van der Waals surface area contributed by atoms with Gasteiger partial charge in [0.25, 0.3) is 0 Å². The summed E-state index contributed by atoms with van der Waals surface area (Å²) in [6, 6.07) is 0. The van der Waals surface area contributed by atoms with Gasteiger partial charge in [-0.05, 0) is 18.9 Å². The van der Waals surface area contributed by atoms with Gasteiger partial charge in [0.15, 0.2) is 0 Å². The summed E-state index contributed by atoms with van der Waals surface area (Å²) in [5, 5.41) is 3.82. The Bertz CT molecular complexity index is 308. The lowest BCUT2D eigenvalue weighted by molar-refractivity contribution is -0.127. The Labute approximate surface area is 102 Å². The molecule has 1 amide bonds. The molecular formula is C12H20N2OS. The number of nitrogens with one attached hydrogen (secondary N) is 1. The summed E-state index contributed by atoms with van der Waals surface area (Å²) in [4.78, 5) is 14.3. The zero-order chi connectivity index (χ0) is 11.5. The SMILES string of the molecule is CCC1CN(C(=O)C(C)=C2CNC2)CCS1. The van der Waals surface area contributed by atoms with Gasteiger partial charge in [0.05, 0.1) is 0 Å². The van der Waals surface area contributed by atoms with Crippen LogP contribution in [0.1, 0.15) is 20.3 Å². The Balaban J connectivity index is 1.98. The lowest BCUT2D eigenvalue weighted by atomic mass is 10.0. The largest absolute Gasteiger partial charge is 0.337 e. The van der Waals surface area contributed by atoms with Crippen LogP contribution in [0.4, 0.5) is 0 Å². The molecule has 2 heterocycles. The second-order valence-electron chi connectivity index (χ2n) is 4.48. The number of rotatable bonds is 2. The highest BCUT2D eigenvalue weighted by atomic mass is 32.2. The molecule has 2 aliphatic heterocycles. The number of hydrogen-bond donors (Lipinski definition) is 1. The predicted octanol–water partition coefficient (Wildman–Crippen LogP) is 1.26. The quantitative estimate of drug-likeness (QED) is 0.738. The van der Waals surface area contributed by atoms with Gasteiger partial charge < -0.3 is 10.2 Å². The lowest BCUT2D eigenvalue weighted by Gasteiger charge is -2.33. The van der Waals surface area contributed by atoms with Crippen molar-refractivity contribution in [2.75, 3.05) is 31.9 Å². The second kappa shape index (κ2) is 5.23. The summed E-state index contributed by atoms with van der Waals surface area (Å²) < 4.78 is 0. The minimum atomic E-state index is 0.259. The van der Waals surface area contributed by atoms with Crippen molar-refractivity contribution < 1.29 is 4.79 Å². The van der Waals surface area contributed by atoms with E-state index in [1.54, 1.807) is 0 Å². The van der Waals surface area contributed by atoms with Gasteiger partial charge in [0, 0.05) is 42.8 Å². The summed E-state index contributed by atoms with van der Waals surface area (Å²) in [5.41, 5.74) is 2.26. The van der Waals surface area contributed by atoms with Crippen molar-refractivity contribution in [2.45, 2.75) is 25.5 Å². The molecule has 1 atom stereocenters. The van der Waals surface area contributed by atoms with E-state index in [4.69, 9.17) is 0 Å². The van der Waals surface area contributed by atoms with Gasteiger partial charge in [-0.15, -0.1) is 0 Å². The van der Waals surface area contributed by atoms with E-state index >= 15 is 0 Å². The van der Waals surface area contributed by atoms with Crippen molar-refractivity contribution in [3.05, 3.63) is 11.1 Å². The number of hydrogen-bond acceptors (Lipinski definition) is 3. The minimum Gasteiger partial charge on any atom is -0.337 e. The molecule has 2 fully saturated rings. The van der Waals surface area contributed by atoms with E-state index in [9.17, 15) is 4.79 Å². The third-order valence-electron chi connectivity index (χ3n) is 3.41. The molecule has 16 heavy (non-hydrogen) atoms. The molecule has 2 saturated heterocycles. The maximum absolute atomic E-state index is 12.2. The second-order valence-corrected chi connectivity index (χ2v) is 5.89. The van der Waals surface area contributed by atoms with Gasteiger partial charge in [-0.1, -0.05) is 6.92 Å². The molecule has 90 valence electrons. The molecule has 2 aliphatic rings. The van der Waals surface area contributed by atoms with Crippen molar-refractivity contribution >= 4 is 17.7 Å². The summed E-state index contributed by atoms with van der Waals surface area (Å²) in [7, 11) is 0. The number of thioether (sulfide) groups is 1. The van der Waals surface area contributed by atoms with Crippen molar-refractivity contribution in [2.24, 2.45) is 0 Å². The summed E-state index contributed by atoms with van der Waals surface area (Å²) >= 11 is 2.00. The molecule has 0 bridgehead atoms. The molecule has 3 nitrogen and oxygen atoms in total. The molecule has 0 aliphatic carbocycles. The highest BCUT2D eigenvalue weighted by molar-refractivity contribution is 8.00. The predicted molar refractivity (Wildman–Crippen MR) is 68.7 cm³/mol. The first-order valence-electron chi connectivity index (χ1n) is 6.02. The van der Waals surface area contributed by atoms with Crippen LogP contribution in [-0.4, -0.2) is 48.0 Å². The van der Waals surface area contributed by atoms with E-state index in [1.807, 2.05) is 23.6 Å². The first-order valence-corrected chi connectivity index (χ1v) is 7.07. The Morgan fingerprint density at radius 2 is 2.31 bits per heavy atom. The molecule has 2 rings (SSSR count). The third-order valence-corrected chi connectivity index (χ3v) is 4.78. The Kier molecular flexibility index (Phi) is 3.92. The van der Waals surface area contributed by atoms with E-state index < -0.39 is 0 Å². The standard InChI is InChI=1S/C12H20N2OS/c1-3-11-8-14(4-5-16-11)12(15)9(2)10-6-13-7-10/h11,13H,3-8H2,1-2H3. The highest BCUT2D eigenvalue weighted by Crippen LogP contribution is 2.23. The van der Waals surface area contributed by atoms with Gasteiger partial charge in [-0.2, -0.15) is 11.8 Å². The zero-order valence-electron chi connectivity index (χ0n) is 10.1. The number of carbonyl (C=O) groups excluding carboxylic acids is 1. The van der Waals surface area contributed by atoms with E-state index in [-0.39, 0.29) is 5.91 Å². The molecule has 1 N–H and O–H groups in total. The molecule has 0 saturated carbocycles. The van der Waals surface area contributed by atoms with Crippen molar-refractivity contribution in [1.82, 2.24) is 10.2 Å². The third kappa shape index (κ3) is 2.43.